The molecule has 1 heterocycles. The van der Waals surface area contributed by atoms with Crippen LogP contribution in [0.4, 0.5) is 0 Å². The first-order valence-corrected chi connectivity index (χ1v) is 6.92. The highest BCUT2D eigenvalue weighted by Gasteiger charge is 2.16. The third-order valence-corrected chi connectivity index (χ3v) is 3.13. The lowest BCUT2D eigenvalue weighted by Crippen LogP contribution is -2.26. The largest absolute Gasteiger partial charge is 0.396 e. The minimum Gasteiger partial charge on any atom is -0.396 e. The van der Waals surface area contributed by atoms with Crippen LogP contribution in [0.1, 0.15) is 56.2 Å². The van der Waals surface area contributed by atoms with Crippen molar-refractivity contribution in [1.29, 1.82) is 0 Å². The molecule has 0 bridgehead atoms. The van der Waals surface area contributed by atoms with Gasteiger partial charge in [-0.25, -0.2) is 0 Å². The molecule has 1 aromatic rings. The second kappa shape index (κ2) is 7.28. The Balaban J connectivity index is 2.31. The summed E-state index contributed by atoms with van der Waals surface area (Å²) in [6.45, 7) is 6.89. The van der Waals surface area contributed by atoms with E-state index in [9.17, 15) is 4.79 Å². The van der Waals surface area contributed by atoms with Crippen LogP contribution in [-0.2, 0) is 6.42 Å². The van der Waals surface area contributed by atoms with E-state index in [1.165, 1.54) is 0 Å². The van der Waals surface area contributed by atoms with Gasteiger partial charge < -0.3 is 10.4 Å². The number of aromatic amines is 1. The number of hydrogen-bond acceptors (Lipinski definition) is 3. The Morgan fingerprint density at radius 2 is 2.26 bits per heavy atom. The molecule has 0 fully saturated rings. The Bertz CT molecular complexity index is 399. The summed E-state index contributed by atoms with van der Waals surface area (Å²) in [6, 6.07) is 1.80. The predicted molar refractivity (Wildman–Crippen MR) is 75.0 cm³/mol. The molecule has 19 heavy (non-hydrogen) atoms. The second-order valence-corrected chi connectivity index (χ2v) is 5.71. The van der Waals surface area contributed by atoms with E-state index in [2.05, 4.69) is 22.4 Å². The Morgan fingerprint density at radius 3 is 2.89 bits per heavy atom. The van der Waals surface area contributed by atoms with Crippen LogP contribution >= 0.6 is 0 Å². The summed E-state index contributed by atoms with van der Waals surface area (Å²) in [5, 5.41) is 18.8. The van der Waals surface area contributed by atoms with Gasteiger partial charge >= 0.3 is 0 Å². The zero-order valence-electron chi connectivity index (χ0n) is 12.1. The fraction of sp³-hybridized carbons (Fsp3) is 0.714. The topological polar surface area (TPSA) is 78.0 Å². The van der Waals surface area contributed by atoms with Crippen molar-refractivity contribution in [2.75, 3.05) is 13.2 Å². The average molecular weight is 267 g/mol. The minimum absolute atomic E-state index is 0.0780. The number of aryl methyl sites for hydroxylation is 1. The number of hydrogen-bond donors (Lipinski definition) is 3. The van der Waals surface area contributed by atoms with Gasteiger partial charge in [-0.15, -0.1) is 0 Å². The molecule has 0 aromatic carbocycles. The van der Waals surface area contributed by atoms with Gasteiger partial charge in [0.2, 0.25) is 0 Å². The number of aliphatic hydroxyl groups excluding tert-OH is 1. The molecule has 0 aliphatic rings. The molecule has 1 aromatic heterocycles. The Kier molecular flexibility index (Phi) is 6.02. The van der Waals surface area contributed by atoms with E-state index < -0.39 is 0 Å². The Hall–Kier alpha value is -1.36. The van der Waals surface area contributed by atoms with E-state index in [-0.39, 0.29) is 17.9 Å². The van der Waals surface area contributed by atoms with E-state index in [4.69, 9.17) is 5.11 Å². The second-order valence-electron chi connectivity index (χ2n) is 5.71. The summed E-state index contributed by atoms with van der Waals surface area (Å²) in [6.07, 6.45) is 3.67. The third kappa shape index (κ3) is 5.42. The summed E-state index contributed by atoms with van der Waals surface area (Å²) < 4.78 is 0. The summed E-state index contributed by atoms with van der Waals surface area (Å²) in [5.74, 6) is -0.139. The zero-order chi connectivity index (χ0) is 14.3. The van der Waals surface area contributed by atoms with Crippen LogP contribution in [0.5, 0.6) is 0 Å². The van der Waals surface area contributed by atoms with Gasteiger partial charge in [-0.1, -0.05) is 27.2 Å². The smallest absolute Gasteiger partial charge is 0.271 e. The summed E-state index contributed by atoms with van der Waals surface area (Å²) in [4.78, 5) is 11.8. The van der Waals surface area contributed by atoms with Crippen LogP contribution in [0.2, 0.25) is 0 Å². The molecule has 0 saturated carbocycles. The molecule has 0 radical (unpaired) electrons. The molecule has 1 amide bonds. The van der Waals surface area contributed by atoms with E-state index in [0.717, 1.165) is 31.4 Å². The first kappa shape index (κ1) is 15.7. The predicted octanol–water partition coefficient (Wildman–Crippen LogP) is 1.89. The zero-order valence-corrected chi connectivity index (χ0v) is 12.1. The molecule has 0 spiro atoms. The van der Waals surface area contributed by atoms with Gasteiger partial charge in [0, 0.05) is 18.8 Å². The maximum Gasteiger partial charge on any atom is 0.271 e. The molecule has 0 aliphatic heterocycles. The van der Waals surface area contributed by atoms with E-state index >= 15 is 0 Å². The fourth-order valence-electron chi connectivity index (χ4n) is 1.81. The van der Waals surface area contributed by atoms with Crippen molar-refractivity contribution in [3.05, 3.63) is 17.5 Å². The normalized spacial score (nSPS) is 11.6. The number of carbonyl (C=O) groups is 1. The number of nitrogens with zero attached hydrogens (tertiary/aromatic N) is 1. The summed E-state index contributed by atoms with van der Waals surface area (Å²) >= 11 is 0. The first-order chi connectivity index (χ1) is 8.98. The van der Waals surface area contributed by atoms with Gasteiger partial charge in [0.15, 0.2) is 0 Å². The minimum atomic E-state index is -0.139. The molecule has 0 saturated heterocycles. The molecule has 0 atom stereocenters. The molecular weight excluding hydrogens is 242 g/mol. The number of aromatic nitrogens is 2. The lowest BCUT2D eigenvalue weighted by atomic mass is 9.89. The lowest BCUT2D eigenvalue weighted by molar-refractivity contribution is 0.0943. The fourth-order valence-corrected chi connectivity index (χ4v) is 1.81. The molecular formula is C14H25N3O2. The van der Waals surface area contributed by atoms with Gasteiger partial charge in [0.25, 0.3) is 5.91 Å². The number of H-pyrrole nitrogens is 1. The van der Waals surface area contributed by atoms with Crippen molar-refractivity contribution >= 4 is 5.91 Å². The van der Waals surface area contributed by atoms with E-state index in [1.807, 2.05) is 13.8 Å². The van der Waals surface area contributed by atoms with Gasteiger partial charge in [0.05, 0.1) is 0 Å². The number of amides is 1. The number of aliphatic hydroxyl groups is 1. The SMILES string of the molecule is CCCc1cc(C(=O)NCCCC(C)(C)CO)n[nH]1. The number of rotatable bonds is 8. The molecule has 0 unspecified atom stereocenters. The van der Waals surface area contributed by atoms with Crippen molar-refractivity contribution in [1.82, 2.24) is 15.5 Å². The highest BCUT2D eigenvalue weighted by molar-refractivity contribution is 5.92. The lowest BCUT2D eigenvalue weighted by Gasteiger charge is -2.21. The van der Waals surface area contributed by atoms with Gasteiger partial charge in [0.1, 0.15) is 5.69 Å². The van der Waals surface area contributed by atoms with Crippen molar-refractivity contribution in [3.63, 3.8) is 0 Å². The van der Waals surface area contributed by atoms with Crippen LogP contribution in [0.3, 0.4) is 0 Å². The monoisotopic (exact) mass is 267 g/mol. The van der Waals surface area contributed by atoms with Gasteiger partial charge in [-0.05, 0) is 30.7 Å². The van der Waals surface area contributed by atoms with E-state index in [0.29, 0.717) is 12.2 Å². The Morgan fingerprint density at radius 1 is 1.53 bits per heavy atom. The molecule has 108 valence electrons. The van der Waals surface area contributed by atoms with Crippen molar-refractivity contribution in [2.45, 2.75) is 46.5 Å². The van der Waals surface area contributed by atoms with Crippen molar-refractivity contribution in [2.24, 2.45) is 5.41 Å². The van der Waals surface area contributed by atoms with Gasteiger partial charge in [-0.2, -0.15) is 5.10 Å². The standard InChI is InChI=1S/C14H25N3O2/c1-4-6-11-9-12(17-16-11)13(19)15-8-5-7-14(2,3)10-18/h9,18H,4-8,10H2,1-3H3,(H,15,19)(H,16,17). The summed E-state index contributed by atoms with van der Waals surface area (Å²) in [5.41, 5.74) is 1.37. The third-order valence-electron chi connectivity index (χ3n) is 3.13. The average Bonchev–Trinajstić information content (AvgIpc) is 2.83. The van der Waals surface area contributed by atoms with Gasteiger partial charge in [-0.3, -0.25) is 9.89 Å². The molecule has 0 aliphatic carbocycles. The number of carbonyl (C=O) groups excluding carboxylic acids is 1. The maximum absolute atomic E-state index is 11.8. The van der Waals surface area contributed by atoms with Crippen LogP contribution in [0, 0.1) is 5.41 Å². The van der Waals surface area contributed by atoms with Crippen LogP contribution in [0.25, 0.3) is 0 Å². The molecule has 1 rings (SSSR count). The van der Waals surface area contributed by atoms with Crippen LogP contribution in [-0.4, -0.2) is 34.4 Å². The Labute approximate surface area is 114 Å². The molecule has 5 heteroatoms. The first-order valence-electron chi connectivity index (χ1n) is 6.92. The quantitative estimate of drug-likeness (QED) is 0.629. The van der Waals surface area contributed by atoms with Crippen LogP contribution < -0.4 is 5.32 Å². The number of nitrogens with one attached hydrogen (secondary N) is 2. The highest BCUT2D eigenvalue weighted by atomic mass is 16.3. The van der Waals surface area contributed by atoms with E-state index in [1.54, 1.807) is 6.07 Å². The van der Waals surface area contributed by atoms with Crippen molar-refractivity contribution in [3.8, 4) is 0 Å². The molecule has 5 nitrogen and oxygen atoms in total. The van der Waals surface area contributed by atoms with Crippen molar-refractivity contribution < 1.29 is 9.90 Å². The highest BCUT2D eigenvalue weighted by Crippen LogP contribution is 2.20. The maximum atomic E-state index is 11.8. The summed E-state index contributed by atoms with van der Waals surface area (Å²) in [7, 11) is 0. The molecule has 3 N–H and O–H groups in total. The van der Waals surface area contributed by atoms with Crippen LogP contribution in [0.15, 0.2) is 6.07 Å².